The topological polar surface area (TPSA) is 60.4 Å². The predicted octanol–water partition coefficient (Wildman–Crippen LogP) is 13.9. The van der Waals surface area contributed by atoms with Crippen LogP contribution < -0.4 is 0 Å². The van der Waals surface area contributed by atoms with Gasteiger partial charge in [0.1, 0.15) is 11.6 Å². The molecular weight excluding hydrogens is 745 g/mol. The van der Waals surface area contributed by atoms with E-state index in [1.54, 1.807) is 0 Å². The Hall–Kier alpha value is -7.44. The number of aromatic nitrogens is 4. The molecule has 0 radical (unpaired) electrons. The van der Waals surface area contributed by atoms with Gasteiger partial charge in [0.2, 0.25) is 0 Å². The van der Waals surface area contributed by atoms with Crippen molar-refractivity contribution in [1.29, 1.82) is 0 Å². The Kier molecular flexibility index (Phi) is 10.7. The molecule has 2 aromatic heterocycles. The zero-order valence-corrected chi connectivity index (χ0v) is 35.3. The van der Waals surface area contributed by atoms with Crippen molar-refractivity contribution in [3.63, 3.8) is 0 Å². The lowest BCUT2D eigenvalue weighted by Crippen LogP contribution is -2.08. The third-order valence-corrected chi connectivity index (χ3v) is 11.3. The Morgan fingerprint density at radius 2 is 0.902 bits per heavy atom. The minimum absolute atomic E-state index is 0.315. The molecular formula is C55H48N6. The van der Waals surface area contributed by atoms with Gasteiger partial charge in [-0.2, -0.15) is 0 Å². The quantitative estimate of drug-likeness (QED) is 0.102. The Morgan fingerprint density at radius 3 is 1.44 bits per heavy atom. The van der Waals surface area contributed by atoms with Gasteiger partial charge in [-0.3, -0.25) is 9.13 Å². The van der Waals surface area contributed by atoms with Gasteiger partial charge in [0.25, 0.3) is 0 Å². The van der Waals surface area contributed by atoms with Crippen molar-refractivity contribution in [1.82, 2.24) is 19.1 Å². The van der Waals surface area contributed by atoms with E-state index < -0.39 is 0 Å². The van der Waals surface area contributed by atoms with E-state index in [1.807, 2.05) is 48.5 Å². The highest BCUT2D eigenvalue weighted by Crippen LogP contribution is 2.37. The number of benzene rings is 7. The number of rotatable bonds is 10. The fraction of sp³-hybridized carbons (Fsp3) is 0.127. The Bertz CT molecular complexity index is 3120. The minimum Gasteiger partial charge on any atom is -0.292 e. The average molecular weight is 793 g/mol. The molecule has 0 unspecified atom stereocenters. The van der Waals surface area contributed by atoms with Crippen LogP contribution in [0.4, 0.5) is 0 Å². The monoisotopic (exact) mass is 792 g/mol. The molecule has 9 aromatic rings. The fourth-order valence-electron chi connectivity index (χ4n) is 8.33. The van der Waals surface area contributed by atoms with E-state index >= 15 is 0 Å². The molecule has 0 saturated carbocycles. The third-order valence-electron chi connectivity index (χ3n) is 11.3. The summed E-state index contributed by atoms with van der Waals surface area (Å²) in [6, 6.07) is 60.7. The van der Waals surface area contributed by atoms with Gasteiger partial charge in [-0.15, -0.1) is 0 Å². The molecule has 2 heterocycles. The molecule has 0 amide bonds. The maximum Gasteiger partial charge on any atom is 0.160 e. The van der Waals surface area contributed by atoms with Crippen molar-refractivity contribution in [2.75, 3.05) is 0 Å². The molecule has 61 heavy (non-hydrogen) atoms. The Morgan fingerprint density at radius 1 is 0.475 bits per heavy atom. The number of nitrogens with zero attached hydrogens (tertiary/aromatic N) is 6. The number of fused-ring (bicyclic) bond motifs is 2. The summed E-state index contributed by atoms with van der Waals surface area (Å²) in [4.78, 5) is 21.2. The van der Waals surface area contributed by atoms with Crippen molar-refractivity contribution < 1.29 is 0 Å². The summed E-state index contributed by atoms with van der Waals surface area (Å²) in [7, 11) is 0. The van der Waals surface area contributed by atoms with Gasteiger partial charge in [0.15, 0.2) is 5.84 Å². The molecule has 0 spiro atoms. The molecule has 0 bridgehead atoms. The van der Waals surface area contributed by atoms with Crippen LogP contribution in [0.2, 0.25) is 0 Å². The number of hydrogen-bond donors (Lipinski definition) is 0. The number of imidazole rings is 2. The molecule has 0 saturated heterocycles. The highest BCUT2D eigenvalue weighted by Gasteiger charge is 2.23. The smallest absolute Gasteiger partial charge is 0.160 e. The summed E-state index contributed by atoms with van der Waals surface area (Å²) < 4.78 is 4.58. The van der Waals surface area contributed by atoms with Crippen LogP contribution in [0.5, 0.6) is 0 Å². The lowest BCUT2D eigenvalue weighted by molar-refractivity contribution is 0.850. The van der Waals surface area contributed by atoms with E-state index in [0.29, 0.717) is 23.4 Å². The van der Waals surface area contributed by atoms with Crippen molar-refractivity contribution in [2.45, 2.75) is 46.5 Å². The molecule has 0 atom stereocenters. The van der Waals surface area contributed by atoms with Crippen LogP contribution in [0.3, 0.4) is 0 Å². The number of hydrogen-bond acceptors (Lipinski definition) is 3. The van der Waals surface area contributed by atoms with Gasteiger partial charge in [0, 0.05) is 33.5 Å². The van der Waals surface area contributed by atoms with E-state index in [1.165, 1.54) is 11.1 Å². The van der Waals surface area contributed by atoms with Gasteiger partial charge in [-0.25, -0.2) is 20.0 Å². The standard InChI is InChI=1S/C55H48N6/c1-36(2)41-24-14-18-32-49(41)60-51-34-20-16-30-47(51)58-54(60)45-28-12-10-26-43(45)38(5)56-53(40-22-8-7-9-23-40)57-39(6)44-27-11-13-29-46(44)55-59-48-31-17-21-35-52(48)61(55)50-33-19-15-25-42(50)37(3)4/h7-37H,5H2,1-4,6H3. The molecule has 7 aromatic carbocycles. The van der Waals surface area contributed by atoms with Crippen molar-refractivity contribution in [3.05, 3.63) is 210 Å². The second-order valence-corrected chi connectivity index (χ2v) is 16.0. The van der Waals surface area contributed by atoms with Crippen LogP contribution in [0.1, 0.15) is 74.3 Å². The molecule has 0 fully saturated rings. The number of amidine groups is 1. The minimum atomic E-state index is 0.315. The van der Waals surface area contributed by atoms with Crippen LogP contribution in [-0.2, 0) is 0 Å². The van der Waals surface area contributed by atoms with Gasteiger partial charge in [0.05, 0.1) is 39.1 Å². The lowest BCUT2D eigenvalue weighted by atomic mass is 9.99. The van der Waals surface area contributed by atoms with E-state index in [-0.39, 0.29) is 0 Å². The first-order valence-electron chi connectivity index (χ1n) is 21.0. The molecule has 9 rings (SSSR count). The largest absolute Gasteiger partial charge is 0.292 e. The summed E-state index contributed by atoms with van der Waals surface area (Å²) in [5.41, 5.74) is 14.7. The molecule has 6 nitrogen and oxygen atoms in total. The Labute approximate surface area is 358 Å². The second-order valence-electron chi connectivity index (χ2n) is 16.0. The molecule has 6 heteroatoms. The SMILES string of the molecule is C=C(N=C(N=C(C)c1ccccc1-c1nc2ccccc2n1-c1ccccc1C(C)C)c1ccccc1)c1ccccc1-c1nc2ccccc2n1-c1ccccc1C(C)C. The first kappa shape index (κ1) is 39.0. The first-order chi connectivity index (χ1) is 29.8. The maximum atomic E-state index is 5.35. The molecule has 298 valence electrons. The van der Waals surface area contributed by atoms with Crippen LogP contribution in [-0.4, -0.2) is 30.6 Å². The highest BCUT2D eigenvalue weighted by molar-refractivity contribution is 6.15. The van der Waals surface area contributed by atoms with E-state index in [2.05, 4.69) is 178 Å². The summed E-state index contributed by atoms with van der Waals surface area (Å²) >= 11 is 0. The average Bonchev–Trinajstić information content (AvgIpc) is 3.88. The van der Waals surface area contributed by atoms with Crippen LogP contribution >= 0.6 is 0 Å². The second kappa shape index (κ2) is 16.7. The van der Waals surface area contributed by atoms with Crippen LogP contribution in [0.25, 0.3) is 61.9 Å². The van der Waals surface area contributed by atoms with E-state index in [9.17, 15) is 0 Å². The lowest BCUT2D eigenvalue weighted by Gasteiger charge is -2.18. The van der Waals surface area contributed by atoms with Gasteiger partial charge >= 0.3 is 0 Å². The van der Waals surface area contributed by atoms with Crippen LogP contribution in [0, 0.1) is 0 Å². The zero-order valence-electron chi connectivity index (χ0n) is 35.3. The van der Waals surface area contributed by atoms with Crippen molar-refractivity contribution in [3.8, 4) is 34.2 Å². The van der Waals surface area contributed by atoms with E-state index in [0.717, 1.165) is 78.6 Å². The summed E-state index contributed by atoms with van der Waals surface area (Å²) in [6.07, 6.45) is 0. The first-order valence-corrected chi connectivity index (χ1v) is 21.0. The van der Waals surface area contributed by atoms with Crippen LogP contribution in [0.15, 0.2) is 192 Å². The van der Waals surface area contributed by atoms with Gasteiger partial charge in [-0.05, 0) is 66.3 Å². The molecule has 0 aliphatic heterocycles. The normalized spacial score (nSPS) is 12.2. The van der Waals surface area contributed by atoms with Gasteiger partial charge in [-0.1, -0.05) is 174 Å². The molecule has 0 aliphatic rings. The predicted molar refractivity (Wildman–Crippen MR) is 255 cm³/mol. The number of aliphatic imine (C=N–C) groups is 2. The van der Waals surface area contributed by atoms with Gasteiger partial charge < -0.3 is 0 Å². The maximum absolute atomic E-state index is 5.35. The summed E-state index contributed by atoms with van der Waals surface area (Å²) in [6.45, 7) is 15.6. The summed E-state index contributed by atoms with van der Waals surface area (Å²) in [5.74, 6) is 2.89. The highest BCUT2D eigenvalue weighted by atomic mass is 15.1. The number of para-hydroxylation sites is 6. The van der Waals surface area contributed by atoms with Crippen molar-refractivity contribution in [2.24, 2.45) is 9.98 Å². The molecule has 0 aliphatic carbocycles. The third kappa shape index (κ3) is 7.42. The zero-order chi connectivity index (χ0) is 42.0. The van der Waals surface area contributed by atoms with Crippen molar-refractivity contribution >= 4 is 39.3 Å². The fourth-order valence-corrected chi connectivity index (χ4v) is 8.33. The Balaban J connectivity index is 1.19. The summed E-state index contributed by atoms with van der Waals surface area (Å²) in [5, 5.41) is 0. The molecule has 0 N–H and O–H groups in total. The van der Waals surface area contributed by atoms with E-state index in [4.69, 9.17) is 20.0 Å².